The first-order chi connectivity index (χ1) is 33.6. The van der Waals surface area contributed by atoms with Crippen LogP contribution >= 0.6 is 0 Å². The topological polar surface area (TPSA) is 184 Å². The van der Waals surface area contributed by atoms with Gasteiger partial charge in [-0.2, -0.15) is 0 Å². The minimum atomic E-state index is -2.34. The number of likely N-dealkylation sites (N-methyl/N-ethyl adjacent to an activating group) is 1. The number of hydrogen-bond donors (Lipinski definition) is 4. The lowest BCUT2D eigenvalue weighted by Gasteiger charge is -2.63. The van der Waals surface area contributed by atoms with Gasteiger partial charge in [-0.1, -0.05) is 50.3 Å². The predicted molar refractivity (Wildman–Crippen MR) is 263 cm³/mol. The molecule has 3 fully saturated rings. The Balaban J connectivity index is 1.19. The molecule has 2 saturated heterocycles. The van der Waals surface area contributed by atoms with E-state index in [0.717, 1.165) is 33.4 Å². The first-order valence-electron chi connectivity index (χ1n) is 24.6. The van der Waals surface area contributed by atoms with E-state index in [1.807, 2.05) is 67.4 Å². The maximum Gasteiger partial charge on any atom is 0.344 e. The molecule has 4 N–H and O–H groups in total. The summed E-state index contributed by atoms with van der Waals surface area (Å²) in [6.45, 7) is 8.60. The molecule has 0 radical (unpaired) electrons. The summed E-state index contributed by atoms with van der Waals surface area (Å²) >= 11 is 0. The van der Waals surface area contributed by atoms with Gasteiger partial charge in [0.2, 0.25) is 5.60 Å². The number of anilines is 2. The van der Waals surface area contributed by atoms with E-state index in [2.05, 4.69) is 50.5 Å². The summed E-state index contributed by atoms with van der Waals surface area (Å²) < 4.78 is 29.7. The van der Waals surface area contributed by atoms with E-state index in [0.29, 0.717) is 87.6 Å². The Morgan fingerprint density at radius 3 is 2.39 bits per heavy atom. The molecule has 372 valence electrons. The van der Waals surface area contributed by atoms with Gasteiger partial charge in [-0.05, 0) is 86.4 Å². The van der Waals surface area contributed by atoms with Crippen LogP contribution in [0.3, 0.4) is 0 Å². The van der Waals surface area contributed by atoms with Crippen molar-refractivity contribution in [2.45, 2.75) is 99.5 Å². The van der Waals surface area contributed by atoms with Crippen LogP contribution < -0.4 is 25.0 Å². The third kappa shape index (κ3) is 6.72. The molecule has 6 aliphatic rings. The van der Waals surface area contributed by atoms with Gasteiger partial charge in [-0.3, -0.25) is 14.5 Å². The Morgan fingerprint density at radius 2 is 1.67 bits per heavy atom. The number of aliphatic hydroxyl groups is 1. The highest BCUT2D eigenvalue weighted by Gasteiger charge is 2.80. The van der Waals surface area contributed by atoms with Crippen molar-refractivity contribution >= 4 is 46.2 Å². The molecule has 70 heavy (non-hydrogen) atoms. The van der Waals surface area contributed by atoms with Gasteiger partial charge >= 0.3 is 23.9 Å². The number of aromatic nitrogens is 1. The van der Waals surface area contributed by atoms with Crippen LogP contribution in [0.25, 0.3) is 10.9 Å². The number of nitrogens with zero attached hydrogens (tertiary/aromatic N) is 3. The number of piperidine rings is 1. The molecule has 6 heterocycles. The summed E-state index contributed by atoms with van der Waals surface area (Å²) in [6.07, 6.45) is 5.86. The van der Waals surface area contributed by atoms with Crippen molar-refractivity contribution in [3.63, 3.8) is 0 Å². The maximum atomic E-state index is 15.7. The second kappa shape index (κ2) is 17.3. The summed E-state index contributed by atoms with van der Waals surface area (Å²) in [5.41, 5.74) is -1.12. The largest absolute Gasteiger partial charge is 0.497 e. The maximum absolute atomic E-state index is 15.7. The van der Waals surface area contributed by atoms with Crippen molar-refractivity contribution < 1.29 is 48.0 Å². The standard InChI is InChI=1S/C54H66N6O10/c1-9-50(57-49(64)55-34-15-13-16-35(25-34)66-5)28-33-29-53(47(62)68-7,43-37(19-23-59(30-33)31-50)36-17-11-12-18-40(36)56-43)39-26-38-41(27-42(39)67-6)58(4)45-52(38)21-24-60-22-14-20-51(10-2,44(52)60)46(70-32(3)61)54(45,65)48(63)69-8/h11-18,20,25-27,33,44-46,56,65H,9-10,19,21-24,28-31H2,1-8H3,(H2,55,57,64)/t33-,44+,45-,46-,50+,51-,52-,53+,54+/m1/s1. The lowest BCUT2D eigenvalue weighted by Crippen LogP contribution is -2.81. The van der Waals surface area contributed by atoms with Gasteiger partial charge in [0, 0.05) is 103 Å². The number of nitrogens with one attached hydrogen (secondary N) is 3. The quantitative estimate of drug-likeness (QED) is 0.0848. The number of urea groups is 1. The summed E-state index contributed by atoms with van der Waals surface area (Å²) in [7, 11) is 7.73. The molecule has 16 nitrogen and oxygen atoms in total. The number of ether oxygens (including phenoxy) is 5. The van der Waals surface area contributed by atoms with Gasteiger partial charge in [0.05, 0.1) is 40.0 Å². The number of para-hydroxylation sites is 1. The van der Waals surface area contributed by atoms with Crippen molar-refractivity contribution in [1.82, 2.24) is 20.1 Å². The molecule has 16 heteroatoms. The average molecular weight is 959 g/mol. The number of carbonyl (C=O) groups is 4. The van der Waals surface area contributed by atoms with E-state index in [4.69, 9.17) is 23.7 Å². The monoisotopic (exact) mass is 958 g/mol. The Hall–Kier alpha value is -6.10. The number of amides is 2. The Bertz CT molecular complexity index is 2790. The number of methoxy groups -OCH3 is 4. The van der Waals surface area contributed by atoms with Crippen LogP contribution in [0, 0.1) is 11.3 Å². The van der Waals surface area contributed by atoms with E-state index < -0.39 is 57.4 Å². The lowest BCUT2D eigenvalue weighted by atomic mass is 9.47. The van der Waals surface area contributed by atoms with Crippen molar-refractivity contribution in [2.75, 3.05) is 78.4 Å². The van der Waals surface area contributed by atoms with Crippen LogP contribution in [0.4, 0.5) is 16.2 Å². The van der Waals surface area contributed by atoms with Crippen molar-refractivity contribution in [3.05, 3.63) is 95.2 Å². The molecule has 10 atom stereocenters. The number of hydrogen-bond acceptors (Lipinski definition) is 13. The Morgan fingerprint density at radius 1 is 0.886 bits per heavy atom. The van der Waals surface area contributed by atoms with E-state index >= 15 is 4.79 Å². The van der Waals surface area contributed by atoms with Crippen LogP contribution in [0.5, 0.6) is 11.5 Å². The van der Waals surface area contributed by atoms with E-state index in [1.165, 1.54) is 21.1 Å². The number of fused-ring (bicyclic) bond motifs is 6. The SMILES string of the molecule is CC[C@]1(NC(=O)Nc2cccc(OC)c2)C[C@H]2CN(CCc3c([nH]c4ccccc34)[C@@](C(=O)OC)(c3cc4c(cc3OC)N(C)[C@H]3[C@@](O)(C(=O)OC)[C@H](OC(C)=O)[C@]5(CC)C=CCN6CC[C@]43[C@@H]65)C2)C1. The van der Waals surface area contributed by atoms with Crippen molar-refractivity contribution in [3.8, 4) is 11.5 Å². The normalized spacial score (nSPS) is 32.8. The molecule has 2 amide bonds. The highest BCUT2D eigenvalue weighted by Crippen LogP contribution is 2.68. The molecule has 5 aliphatic heterocycles. The number of H-pyrrole nitrogens is 1. The minimum absolute atomic E-state index is 0.157. The summed E-state index contributed by atoms with van der Waals surface area (Å²) in [5.74, 6) is -1.08. The van der Waals surface area contributed by atoms with Crippen LogP contribution in [0.15, 0.2) is 72.8 Å². The van der Waals surface area contributed by atoms with Crippen molar-refractivity contribution in [2.24, 2.45) is 11.3 Å². The number of esters is 3. The van der Waals surface area contributed by atoms with Gasteiger partial charge < -0.3 is 54.2 Å². The van der Waals surface area contributed by atoms with Gasteiger partial charge in [0.1, 0.15) is 16.9 Å². The number of rotatable bonds is 10. The fourth-order valence-corrected chi connectivity index (χ4v) is 14.8. The zero-order valence-corrected chi connectivity index (χ0v) is 41.5. The predicted octanol–water partition coefficient (Wildman–Crippen LogP) is 5.83. The molecule has 10 rings (SSSR count). The molecule has 1 saturated carbocycles. The fraction of sp³-hybridized carbons (Fsp3) is 0.519. The summed E-state index contributed by atoms with van der Waals surface area (Å²) in [4.78, 5) is 68.0. The first kappa shape index (κ1) is 47.6. The van der Waals surface area contributed by atoms with Gasteiger partial charge in [0.25, 0.3) is 0 Å². The third-order valence-corrected chi connectivity index (χ3v) is 17.3. The lowest BCUT2D eigenvalue weighted by molar-refractivity contribution is -0.228. The zero-order valence-electron chi connectivity index (χ0n) is 41.5. The minimum Gasteiger partial charge on any atom is -0.497 e. The highest BCUT2D eigenvalue weighted by molar-refractivity contribution is 5.95. The summed E-state index contributed by atoms with van der Waals surface area (Å²) in [5, 5.41) is 20.9. The van der Waals surface area contributed by atoms with Gasteiger partial charge in [-0.25, -0.2) is 9.59 Å². The molecule has 1 aromatic heterocycles. The second-order valence-corrected chi connectivity index (χ2v) is 20.6. The summed E-state index contributed by atoms with van der Waals surface area (Å²) in [6, 6.07) is 17.8. The molecule has 4 aromatic rings. The van der Waals surface area contributed by atoms with Crippen LogP contribution in [0.1, 0.15) is 75.3 Å². The van der Waals surface area contributed by atoms with Crippen LogP contribution in [-0.4, -0.2) is 141 Å². The van der Waals surface area contributed by atoms with E-state index in [1.54, 1.807) is 20.3 Å². The number of carbonyl (C=O) groups excluding carboxylic acids is 4. The second-order valence-electron chi connectivity index (χ2n) is 20.6. The van der Waals surface area contributed by atoms with E-state index in [9.17, 15) is 19.5 Å². The van der Waals surface area contributed by atoms with E-state index in [-0.39, 0.29) is 24.4 Å². The molecule has 1 unspecified atom stereocenters. The first-order valence-corrected chi connectivity index (χ1v) is 24.6. The van der Waals surface area contributed by atoms with Gasteiger partial charge in [0.15, 0.2) is 6.10 Å². The Kier molecular flexibility index (Phi) is 11.8. The molecular weight excluding hydrogens is 893 g/mol. The number of aromatic amines is 1. The van der Waals surface area contributed by atoms with Gasteiger partial charge in [-0.15, -0.1) is 0 Å². The molecule has 3 aromatic carbocycles. The molecular formula is C54H66N6O10. The Labute approximate surface area is 409 Å². The average Bonchev–Trinajstić information content (AvgIpc) is 4.03. The fourth-order valence-electron chi connectivity index (χ4n) is 14.8. The van der Waals surface area contributed by atoms with Crippen LogP contribution in [0.2, 0.25) is 0 Å². The molecule has 2 bridgehead atoms. The van der Waals surface area contributed by atoms with Crippen LogP contribution in [-0.2, 0) is 45.8 Å². The number of benzene rings is 3. The van der Waals surface area contributed by atoms with Crippen molar-refractivity contribution in [1.29, 1.82) is 0 Å². The molecule has 1 spiro atoms. The smallest absolute Gasteiger partial charge is 0.344 e. The molecule has 1 aliphatic carbocycles. The third-order valence-electron chi connectivity index (χ3n) is 17.3. The zero-order chi connectivity index (χ0) is 49.5. The highest BCUT2D eigenvalue weighted by atomic mass is 16.6.